The van der Waals surface area contributed by atoms with Crippen LogP contribution in [0.25, 0.3) is 0 Å². The second-order valence-corrected chi connectivity index (χ2v) is 7.61. The van der Waals surface area contributed by atoms with E-state index >= 15 is 0 Å². The summed E-state index contributed by atoms with van der Waals surface area (Å²) in [6.45, 7) is 3.84. The van der Waals surface area contributed by atoms with Crippen LogP contribution >= 0.6 is 23.4 Å². The Kier molecular flexibility index (Phi) is 8.01. The van der Waals surface area contributed by atoms with Crippen LogP contribution in [-0.4, -0.2) is 24.2 Å². The van der Waals surface area contributed by atoms with Crippen molar-refractivity contribution in [3.8, 4) is 0 Å². The highest BCUT2D eigenvalue weighted by molar-refractivity contribution is 7.99. The minimum absolute atomic E-state index is 0.239. The molecular formula is C20H22ClNO3S. The van der Waals surface area contributed by atoms with Crippen LogP contribution in [0, 0.1) is 0 Å². The van der Waals surface area contributed by atoms with E-state index in [4.69, 9.17) is 16.3 Å². The standard InChI is InChI=1S/C20H22ClNO3S/c1-14(2)17-5-3-4-6-18(17)22-19(23)13-25-20(24)11-12-26-16-9-7-15(21)8-10-16/h3-10,14H,11-13H2,1-2H3,(H,22,23). The molecule has 6 heteroatoms. The summed E-state index contributed by atoms with van der Waals surface area (Å²) in [6.07, 6.45) is 0.239. The summed E-state index contributed by atoms with van der Waals surface area (Å²) in [6, 6.07) is 15.0. The molecular weight excluding hydrogens is 370 g/mol. The second kappa shape index (κ2) is 10.2. The summed E-state index contributed by atoms with van der Waals surface area (Å²) in [5.74, 6) is 0.146. The van der Waals surface area contributed by atoms with Crippen molar-refractivity contribution in [2.75, 3.05) is 17.7 Å². The van der Waals surface area contributed by atoms with E-state index in [2.05, 4.69) is 19.2 Å². The average molecular weight is 392 g/mol. The van der Waals surface area contributed by atoms with Gasteiger partial charge in [0.25, 0.3) is 5.91 Å². The van der Waals surface area contributed by atoms with Crippen LogP contribution in [0.5, 0.6) is 0 Å². The van der Waals surface area contributed by atoms with Gasteiger partial charge in [-0.1, -0.05) is 43.6 Å². The van der Waals surface area contributed by atoms with Crippen LogP contribution in [0.1, 0.15) is 31.7 Å². The van der Waals surface area contributed by atoms with Gasteiger partial charge in [-0.05, 0) is 41.8 Å². The molecule has 1 amide bonds. The molecule has 0 aromatic heterocycles. The number of carbonyl (C=O) groups excluding carboxylic acids is 2. The molecule has 0 heterocycles. The van der Waals surface area contributed by atoms with E-state index < -0.39 is 5.97 Å². The number of nitrogens with one attached hydrogen (secondary N) is 1. The lowest BCUT2D eigenvalue weighted by atomic mass is 10.0. The Hall–Kier alpha value is -1.98. The molecule has 4 nitrogen and oxygen atoms in total. The van der Waals surface area contributed by atoms with Gasteiger partial charge in [-0.25, -0.2) is 0 Å². The molecule has 0 aliphatic heterocycles. The Balaban J connectivity index is 1.71. The number of thioether (sulfide) groups is 1. The van der Waals surface area contributed by atoms with Gasteiger partial charge >= 0.3 is 5.97 Å². The third kappa shape index (κ3) is 6.73. The van der Waals surface area contributed by atoms with Crippen LogP contribution in [-0.2, 0) is 14.3 Å². The fourth-order valence-electron chi connectivity index (χ4n) is 2.30. The summed E-state index contributed by atoms with van der Waals surface area (Å²) >= 11 is 7.37. The summed E-state index contributed by atoms with van der Waals surface area (Å²) in [4.78, 5) is 24.8. The number of carbonyl (C=O) groups is 2. The molecule has 1 N–H and O–H groups in total. The van der Waals surface area contributed by atoms with Gasteiger partial charge in [0.2, 0.25) is 0 Å². The largest absolute Gasteiger partial charge is 0.456 e. The van der Waals surface area contributed by atoms with Gasteiger partial charge in [-0.15, -0.1) is 11.8 Å². The fourth-order valence-corrected chi connectivity index (χ4v) is 3.26. The maximum absolute atomic E-state index is 12.0. The zero-order valence-electron chi connectivity index (χ0n) is 14.8. The number of halogens is 1. The SMILES string of the molecule is CC(C)c1ccccc1NC(=O)COC(=O)CCSc1ccc(Cl)cc1. The Morgan fingerprint density at radius 3 is 2.50 bits per heavy atom. The van der Waals surface area contributed by atoms with Gasteiger partial charge in [-0.2, -0.15) is 0 Å². The minimum Gasteiger partial charge on any atom is -0.456 e. The fraction of sp³-hybridized carbons (Fsp3) is 0.300. The number of hydrogen-bond donors (Lipinski definition) is 1. The number of rotatable bonds is 8. The van der Waals surface area contributed by atoms with Crippen molar-refractivity contribution in [1.29, 1.82) is 0 Å². The van der Waals surface area contributed by atoms with Gasteiger partial charge in [0.15, 0.2) is 6.61 Å². The Labute approximate surface area is 163 Å². The van der Waals surface area contributed by atoms with E-state index in [1.807, 2.05) is 48.5 Å². The maximum Gasteiger partial charge on any atom is 0.307 e. The summed E-state index contributed by atoms with van der Waals surface area (Å²) in [5, 5.41) is 3.48. The van der Waals surface area contributed by atoms with Gasteiger partial charge in [-0.3, -0.25) is 9.59 Å². The van der Waals surface area contributed by atoms with Crippen LogP contribution < -0.4 is 5.32 Å². The van der Waals surface area contributed by atoms with E-state index in [-0.39, 0.29) is 18.9 Å². The first kappa shape index (κ1) is 20.3. The molecule has 2 aromatic rings. The number of amides is 1. The molecule has 26 heavy (non-hydrogen) atoms. The quantitative estimate of drug-likeness (QED) is 0.500. The number of hydrogen-bond acceptors (Lipinski definition) is 4. The molecule has 0 aliphatic carbocycles. The van der Waals surface area contributed by atoms with Crippen molar-refractivity contribution in [3.05, 3.63) is 59.1 Å². The molecule has 2 rings (SSSR count). The van der Waals surface area contributed by atoms with Crippen molar-refractivity contribution in [3.63, 3.8) is 0 Å². The molecule has 0 atom stereocenters. The number of ether oxygens (including phenoxy) is 1. The summed E-state index contributed by atoms with van der Waals surface area (Å²) in [5.41, 5.74) is 1.80. The normalized spacial score (nSPS) is 10.6. The highest BCUT2D eigenvalue weighted by atomic mass is 35.5. The first-order valence-electron chi connectivity index (χ1n) is 8.38. The average Bonchev–Trinajstić information content (AvgIpc) is 2.62. The van der Waals surface area contributed by atoms with Crippen molar-refractivity contribution >= 4 is 40.9 Å². The minimum atomic E-state index is -0.390. The molecule has 0 radical (unpaired) electrons. The van der Waals surface area contributed by atoms with Crippen LogP contribution in [0.15, 0.2) is 53.4 Å². The highest BCUT2D eigenvalue weighted by Crippen LogP contribution is 2.23. The van der Waals surface area contributed by atoms with Crippen LogP contribution in [0.4, 0.5) is 5.69 Å². The number of benzene rings is 2. The van der Waals surface area contributed by atoms with Gasteiger partial charge in [0.05, 0.1) is 6.42 Å². The predicted octanol–water partition coefficient (Wildman–Crippen LogP) is 5.13. The van der Waals surface area contributed by atoms with E-state index in [0.717, 1.165) is 16.1 Å². The molecule has 0 fully saturated rings. The highest BCUT2D eigenvalue weighted by Gasteiger charge is 2.11. The number of esters is 1. The maximum atomic E-state index is 12.0. The third-order valence-corrected chi connectivity index (χ3v) is 4.88. The first-order chi connectivity index (χ1) is 12.5. The van der Waals surface area contributed by atoms with E-state index in [9.17, 15) is 9.59 Å². The Morgan fingerprint density at radius 2 is 1.81 bits per heavy atom. The third-order valence-electron chi connectivity index (χ3n) is 3.61. The topological polar surface area (TPSA) is 55.4 Å². The molecule has 138 valence electrons. The lowest BCUT2D eigenvalue weighted by Crippen LogP contribution is -2.21. The monoisotopic (exact) mass is 391 g/mol. The molecule has 0 unspecified atom stereocenters. The summed E-state index contributed by atoms with van der Waals surface area (Å²) in [7, 11) is 0. The molecule has 0 saturated carbocycles. The van der Waals surface area contributed by atoms with E-state index in [1.54, 1.807) is 0 Å². The van der Waals surface area contributed by atoms with Crippen molar-refractivity contribution in [1.82, 2.24) is 0 Å². The van der Waals surface area contributed by atoms with Gasteiger partial charge in [0, 0.05) is 21.4 Å². The van der Waals surface area contributed by atoms with E-state index in [0.29, 0.717) is 16.7 Å². The first-order valence-corrected chi connectivity index (χ1v) is 9.75. The Morgan fingerprint density at radius 1 is 1.12 bits per heavy atom. The Bertz CT molecular complexity index is 747. The summed E-state index contributed by atoms with van der Waals surface area (Å²) < 4.78 is 5.05. The van der Waals surface area contributed by atoms with Gasteiger partial charge < -0.3 is 10.1 Å². The van der Waals surface area contributed by atoms with Crippen LogP contribution in [0.3, 0.4) is 0 Å². The van der Waals surface area contributed by atoms with Crippen molar-refractivity contribution in [2.24, 2.45) is 0 Å². The van der Waals surface area contributed by atoms with Crippen molar-refractivity contribution < 1.29 is 14.3 Å². The zero-order valence-corrected chi connectivity index (χ0v) is 16.4. The molecule has 0 bridgehead atoms. The lowest BCUT2D eigenvalue weighted by Gasteiger charge is -2.13. The smallest absolute Gasteiger partial charge is 0.307 e. The van der Waals surface area contributed by atoms with E-state index in [1.165, 1.54) is 11.8 Å². The molecule has 0 aliphatic rings. The molecule has 0 saturated heterocycles. The van der Waals surface area contributed by atoms with Gasteiger partial charge in [0.1, 0.15) is 0 Å². The number of anilines is 1. The zero-order chi connectivity index (χ0) is 18.9. The predicted molar refractivity (Wildman–Crippen MR) is 107 cm³/mol. The molecule has 2 aromatic carbocycles. The second-order valence-electron chi connectivity index (χ2n) is 6.00. The number of para-hydroxylation sites is 1. The van der Waals surface area contributed by atoms with Crippen LogP contribution in [0.2, 0.25) is 5.02 Å². The lowest BCUT2D eigenvalue weighted by molar-refractivity contribution is -0.146. The molecule has 0 spiro atoms. The van der Waals surface area contributed by atoms with Crippen molar-refractivity contribution in [2.45, 2.75) is 31.1 Å².